The minimum atomic E-state index is -0.467. The summed E-state index contributed by atoms with van der Waals surface area (Å²) in [5.74, 6) is 0. The number of ether oxygens (including phenoxy) is 3. The summed E-state index contributed by atoms with van der Waals surface area (Å²) in [5.41, 5.74) is 6.43. The molecule has 0 radical (unpaired) electrons. The molecule has 1 aliphatic rings. The van der Waals surface area contributed by atoms with Crippen LogP contribution in [0, 0.1) is 0 Å². The SMILES string of the molecule is CCOCCOCCNC(=O)OCC1=C=C=CC=C1. The normalized spacial score (nSPS) is 12.4. The molecule has 0 aromatic carbocycles. The van der Waals surface area contributed by atoms with Crippen molar-refractivity contribution in [3.05, 3.63) is 35.3 Å². The first-order valence-corrected chi connectivity index (χ1v) is 6.26. The molecule has 5 heteroatoms. The van der Waals surface area contributed by atoms with E-state index < -0.39 is 6.09 Å². The van der Waals surface area contributed by atoms with E-state index in [0.717, 1.165) is 5.57 Å². The molecule has 0 saturated heterocycles. The summed E-state index contributed by atoms with van der Waals surface area (Å²) in [6, 6.07) is 0. The number of carbonyl (C=O) groups is 1. The Morgan fingerprint density at radius 1 is 1.32 bits per heavy atom. The van der Waals surface area contributed by atoms with Gasteiger partial charge in [-0.2, -0.15) is 0 Å². The third kappa shape index (κ3) is 8.03. The van der Waals surface area contributed by atoms with E-state index in [2.05, 4.69) is 16.8 Å². The van der Waals surface area contributed by atoms with E-state index in [1.54, 1.807) is 6.08 Å². The first-order chi connectivity index (χ1) is 9.33. The smallest absolute Gasteiger partial charge is 0.407 e. The summed E-state index contributed by atoms with van der Waals surface area (Å²) in [5, 5.41) is 2.59. The van der Waals surface area contributed by atoms with Crippen molar-refractivity contribution in [2.24, 2.45) is 0 Å². The molecule has 0 saturated carbocycles. The van der Waals surface area contributed by atoms with Gasteiger partial charge in [0, 0.05) is 18.7 Å². The molecule has 0 heterocycles. The lowest BCUT2D eigenvalue weighted by Crippen LogP contribution is -2.28. The van der Waals surface area contributed by atoms with Gasteiger partial charge in [0.15, 0.2) is 0 Å². The highest BCUT2D eigenvalue weighted by Gasteiger charge is 2.02. The van der Waals surface area contributed by atoms with E-state index in [1.807, 2.05) is 19.1 Å². The number of alkyl carbamates (subject to hydrolysis) is 1. The third-order valence-corrected chi connectivity index (χ3v) is 2.16. The number of allylic oxidation sites excluding steroid dienone is 2. The van der Waals surface area contributed by atoms with Crippen molar-refractivity contribution in [1.82, 2.24) is 5.32 Å². The number of nitrogens with one attached hydrogen (secondary N) is 1. The minimum absolute atomic E-state index is 0.189. The van der Waals surface area contributed by atoms with Crippen molar-refractivity contribution in [2.75, 3.05) is 39.6 Å². The third-order valence-electron chi connectivity index (χ3n) is 2.16. The Balaban J connectivity index is 1.98. The second-order valence-corrected chi connectivity index (χ2v) is 3.63. The van der Waals surface area contributed by atoms with Crippen LogP contribution in [-0.2, 0) is 14.2 Å². The molecule has 0 aromatic rings. The van der Waals surface area contributed by atoms with Gasteiger partial charge in [0.2, 0.25) is 0 Å². The van der Waals surface area contributed by atoms with Crippen LogP contribution in [0.1, 0.15) is 6.92 Å². The van der Waals surface area contributed by atoms with Crippen LogP contribution in [0.25, 0.3) is 0 Å². The molecular formula is C14H19NO4. The van der Waals surface area contributed by atoms with Gasteiger partial charge >= 0.3 is 6.09 Å². The maximum Gasteiger partial charge on any atom is 0.407 e. The van der Waals surface area contributed by atoms with Crippen molar-refractivity contribution in [3.8, 4) is 0 Å². The lowest BCUT2D eigenvalue weighted by atomic mass is 10.2. The first-order valence-electron chi connectivity index (χ1n) is 6.26. The highest BCUT2D eigenvalue weighted by atomic mass is 16.5. The summed E-state index contributed by atoms with van der Waals surface area (Å²) in [7, 11) is 0. The van der Waals surface area contributed by atoms with Crippen molar-refractivity contribution in [1.29, 1.82) is 0 Å². The van der Waals surface area contributed by atoms with Crippen molar-refractivity contribution >= 4 is 6.09 Å². The van der Waals surface area contributed by atoms with E-state index in [4.69, 9.17) is 14.2 Å². The number of hydrogen-bond donors (Lipinski definition) is 1. The number of amides is 1. The maximum atomic E-state index is 11.3. The largest absolute Gasteiger partial charge is 0.444 e. The zero-order valence-corrected chi connectivity index (χ0v) is 11.1. The van der Waals surface area contributed by atoms with Crippen molar-refractivity contribution in [2.45, 2.75) is 6.92 Å². The zero-order chi connectivity index (χ0) is 13.8. The van der Waals surface area contributed by atoms with Crippen LogP contribution in [0.2, 0.25) is 0 Å². The number of rotatable bonds is 9. The van der Waals surface area contributed by atoms with Crippen LogP contribution in [-0.4, -0.2) is 45.7 Å². The van der Waals surface area contributed by atoms with Gasteiger partial charge in [-0.15, -0.1) is 0 Å². The quantitative estimate of drug-likeness (QED) is 0.508. The molecule has 5 nitrogen and oxygen atoms in total. The average Bonchev–Trinajstić information content (AvgIpc) is 2.45. The molecule has 0 spiro atoms. The summed E-state index contributed by atoms with van der Waals surface area (Å²) >= 11 is 0. The van der Waals surface area contributed by atoms with Gasteiger partial charge in [-0.05, 0) is 19.1 Å². The van der Waals surface area contributed by atoms with Crippen LogP contribution in [0.5, 0.6) is 0 Å². The fraction of sp³-hybridized carbons (Fsp3) is 0.500. The Bertz CT molecular complexity index is 402. The van der Waals surface area contributed by atoms with E-state index in [0.29, 0.717) is 33.0 Å². The van der Waals surface area contributed by atoms with Gasteiger partial charge in [-0.3, -0.25) is 0 Å². The summed E-state index contributed by atoms with van der Waals surface area (Å²) in [6.07, 6.45) is 4.91. The van der Waals surface area contributed by atoms with Gasteiger partial charge < -0.3 is 19.5 Å². The monoisotopic (exact) mass is 265 g/mol. The predicted octanol–water partition coefficient (Wildman–Crippen LogP) is 1.57. The van der Waals surface area contributed by atoms with E-state index in [-0.39, 0.29) is 6.61 Å². The molecule has 1 amide bonds. The molecule has 0 fully saturated rings. The molecular weight excluding hydrogens is 246 g/mol. The van der Waals surface area contributed by atoms with Gasteiger partial charge in [0.25, 0.3) is 0 Å². The van der Waals surface area contributed by atoms with Gasteiger partial charge in [0.1, 0.15) is 6.61 Å². The molecule has 0 aliphatic heterocycles. The Labute approximate surface area is 113 Å². The molecule has 1 rings (SSSR count). The second kappa shape index (κ2) is 10.2. The highest BCUT2D eigenvalue weighted by molar-refractivity contribution is 5.67. The van der Waals surface area contributed by atoms with E-state index >= 15 is 0 Å². The number of carbonyl (C=O) groups excluding carboxylic acids is 1. The number of hydrogen-bond acceptors (Lipinski definition) is 4. The molecule has 1 N–H and O–H groups in total. The van der Waals surface area contributed by atoms with Gasteiger partial charge in [-0.25, -0.2) is 4.79 Å². The van der Waals surface area contributed by atoms with Crippen LogP contribution < -0.4 is 5.32 Å². The second-order valence-electron chi connectivity index (χ2n) is 3.63. The first kappa shape index (κ1) is 15.3. The van der Waals surface area contributed by atoms with E-state index in [1.165, 1.54) is 0 Å². The molecule has 0 unspecified atom stereocenters. The van der Waals surface area contributed by atoms with Gasteiger partial charge in [0.05, 0.1) is 19.8 Å². The van der Waals surface area contributed by atoms with Crippen molar-refractivity contribution < 1.29 is 19.0 Å². The Kier molecular flexibility index (Phi) is 8.19. The molecule has 19 heavy (non-hydrogen) atoms. The Hall–Kier alpha value is -1.77. The topological polar surface area (TPSA) is 56.8 Å². The molecule has 104 valence electrons. The lowest BCUT2D eigenvalue weighted by Gasteiger charge is -2.07. The fourth-order valence-electron chi connectivity index (χ4n) is 1.26. The zero-order valence-electron chi connectivity index (χ0n) is 11.1. The summed E-state index contributed by atoms with van der Waals surface area (Å²) in [4.78, 5) is 11.3. The van der Waals surface area contributed by atoms with Crippen LogP contribution >= 0.6 is 0 Å². The highest BCUT2D eigenvalue weighted by Crippen LogP contribution is 1.99. The molecule has 0 aromatic heterocycles. The minimum Gasteiger partial charge on any atom is -0.444 e. The summed E-state index contributed by atoms with van der Waals surface area (Å²) in [6.45, 7) is 4.75. The lowest BCUT2D eigenvalue weighted by molar-refractivity contribution is 0.0535. The molecule has 1 aliphatic carbocycles. The standard InChI is InChI=1S/C14H19NO4/c1-2-17-10-11-18-9-8-15-14(16)19-12-13-6-4-3-5-7-13/h3-4,6H,2,8-12H2,1H3,(H,15,16). The van der Waals surface area contributed by atoms with E-state index in [9.17, 15) is 4.79 Å². The van der Waals surface area contributed by atoms with Crippen LogP contribution in [0.3, 0.4) is 0 Å². The fourth-order valence-corrected chi connectivity index (χ4v) is 1.26. The Morgan fingerprint density at radius 2 is 2.16 bits per heavy atom. The Morgan fingerprint density at radius 3 is 2.89 bits per heavy atom. The predicted molar refractivity (Wildman–Crippen MR) is 70.9 cm³/mol. The van der Waals surface area contributed by atoms with Gasteiger partial charge in [-0.1, -0.05) is 17.5 Å². The van der Waals surface area contributed by atoms with Crippen LogP contribution in [0.15, 0.2) is 35.3 Å². The average molecular weight is 265 g/mol. The molecule has 0 bridgehead atoms. The van der Waals surface area contributed by atoms with Crippen molar-refractivity contribution in [3.63, 3.8) is 0 Å². The van der Waals surface area contributed by atoms with Crippen LogP contribution in [0.4, 0.5) is 4.79 Å². The molecule has 0 atom stereocenters. The maximum absolute atomic E-state index is 11.3. The summed E-state index contributed by atoms with van der Waals surface area (Å²) < 4.78 is 15.3.